The number of carbonyl (C=O) groups excluding carboxylic acids is 3. The van der Waals surface area contributed by atoms with E-state index in [4.69, 9.17) is 5.73 Å². The summed E-state index contributed by atoms with van der Waals surface area (Å²) in [5.41, 5.74) is 8.60. The first-order valence-electron chi connectivity index (χ1n) is 14.1. The second kappa shape index (κ2) is 13.6. The number of carboxylic acid groups (broad SMARTS) is 1. The van der Waals surface area contributed by atoms with Gasteiger partial charge in [0.25, 0.3) is 0 Å². The second-order valence-corrected chi connectivity index (χ2v) is 11.2. The molecule has 1 atom stereocenters. The Labute approximate surface area is 244 Å². The van der Waals surface area contributed by atoms with Crippen molar-refractivity contribution in [2.24, 2.45) is 17.6 Å². The predicted molar refractivity (Wildman–Crippen MR) is 160 cm³/mol. The zero-order valence-corrected chi connectivity index (χ0v) is 24.2. The standard InChI is InChI=1S/C30H39N7O5/c1-36(2)17-26(38)37(3)22-6-4-5-19(13-22)14-25(35-28(39)20-9-7-18(16-31)8-10-20)29(40)32-21-11-12-23-24(15-21)34-27(33-23)30(41)42/h4-6,11-13,15,18,20,25H,7-10,14,16-17,31H2,1-3H3,(H,32,40)(H,33,34)(H,35,39)(H,41,42)/t18?,20?,25-/m0/s1. The quantitative estimate of drug-likeness (QED) is 0.231. The number of nitrogens with one attached hydrogen (secondary N) is 3. The molecule has 1 fully saturated rings. The Morgan fingerprint density at radius 1 is 1.07 bits per heavy atom. The van der Waals surface area contributed by atoms with Crippen molar-refractivity contribution >= 4 is 46.1 Å². The van der Waals surface area contributed by atoms with Gasteiger partial charge < -0.3 is 36.3 Å². The number of hydrogen-bond donors (Lipinski definition) is 5. The lowest BCUT2D eigenvalue weighted by molar-refractivity contribution is -0.130. The maximum Gasteiger partial charge on any atom is 0.371 e. The van der Waals surface area contributed by atoms with E-state index < -0.39 is 17.9 Å². The normalized spacial score (nSPS) is 17.5. The van der Waals surface area contributed by atoms with Crippen LogP contribution in [0.3, 0.4) is 0 Å². The number of aromatic nitrogens is 2. The number of hydrogen-bond acceptors (Lipinski definition) is 7. The first kappa shape index (κ1) is 30.7. The molecule has 1 saturated carbocycles. The average molecular weight is 578 g/mol. The number of anilines is 2. The van der Waals surface area contributed by atoms with Crippen molar-refractivity contribution in [2.75, 3.05) is 44.4 Å². The fourth-order valence-electron chi connectivity index (χ4n) is 5.22. The van der Waals surface area contributed by atoms with E-state index in [9.17, 15) is 24.3 Å². The lowest BCUT2D eigenvalue weighted by Crippen LogP contribution is -2.48. The molecule has 42 heavy (non-hydrogen) atoms. The molecule has 1 aromatic heterocycles. The summed E-state index contributed by atoms with van der Waals surface area (Å²) >= 11 is 0. The number of carbonyl (C=O) groups is 4. The summed E-state index contributed by atoms with van der Waals surface area (Å²) < 4.78 is 0. The third-order valence-corrected chi connectivity index (χ3v) is 7.70. The molecule has 6 N–H and O–H groups in total. The van der Waals surface area contributed by atoms with E-state index >= 15 is 0 Å². The number of carboxylic acids is 1. The van der Waals surface area contributed by atoms with Crippen LogP contribution < -0.4 is 21.3 Å². The van der Waals surface area contributed by atoms with Crippen molar-refractivity contribution in [3.8, 4) is 0 Å². The van der Waals surface area contributed by atoms with Crippen molar-refractivity contribution in [3.63, 3.8) is 0 Å². The van der Waals surface area contributed by atoms with Crippen LogP contribution in [0.5, 0.6) is 0 Å². The van der Waals surface area contributed by atoms with Gasteiger partial charge in [0.2, 0.25) is 23.5 Å². The number of nitrogens with zero attached hydrogens (tertiary/aromatic N) is 3. The molecule has 224 valence electrons. The van der Waals surface area contributed by atoms with Crippen LogP contribution in [0.25, 0.3) is 11.0 Å². The SMILES string of the molecule is CN(C)CC(=O)N(C)c1cccc(C[C@H](NC(=O)C2CCC(CN)CC2)C(=O)Nc2ccc3[nH]c(C(=O)O)nc3c2)c1. The molecule has 1 aliphatic rings. The van der Waals surface area contributed by atoms with Gasteiger partial charge in [0.15, 0.2) is 0 Å². The van der Waals surface area contributed by atoms with Crippen LogP contribution in [0, 0.1) is 11.8 Å². The molecule has 0 radical (unpaired) electrons. The summed E-state index contributed by atoms with van der Waals surface area (Å²) in [5, 5.41) is 15.0. The Morgan fingerprint density at radius 3 is 2.48 bits per heavy atom. The Morgan fingerprint density at radius 2 is 1.81 bits per heavy atom. The minimum atomic E-state index is -1.18. The van der Waals surface area contributed by atoms with Crippen LogP contribution >= 0.6 is 0 Å². The lowest BCUT2D eigenvalue weighted by atomic mass is 9.81. The van der Waals surface area contributed by atoms with Gasteiger partial charge in [-0.15, -0.1) is 0 Å². The number of nitrogens with two attached hydrogens (primary N) is 1. The number of fused-ring (bicyclic) bond motifs is 1. The summed E-state index contributed by atoms with van der Waals surface area (Å²) in [6.07, 6.45) is 3.40. The number of rotatable bonds is 11. The fraction of sp³-hybridized carbons (Fsp3) is 0.433. The molecule has 3 aromatic rings. The molecule has 1 heterocycles. The van der Waals surface area contributed by atoms with Crippen LogP contribution in [0.4, 0.5) is 11.4 Å². The highest BCUT2D eigenvalue weighted by Gasteiger charge is 2.29. The molecule has 12 nitrogen and oxygen atoms in total. The van der Waals surface area contributed by atoms with Gasteiger partial charge in [0, 0.05) is 30.8 Å². The van der Waals surface area contributed by atoms with E-state index in [1.807, 2.05) is 38.4 Å². The van der Waals surface area contributed by atoms with Crippen molar-refractivity contribution in [1.29, 1.82) is 0 Å². The Bertz CT molecular complexity index is 1440. The number of likely N-dealkylation sites (N-methyl/N-ethyl adjacent to an activating group) is 2. The molecule has 3 amide bonds. The van der Waals surface area contributed by atoms with Crippen LogP contribution in [0.2, 0.25) is 0 Å². The van der Waals surface area contributed by atoms with Gasteiger partial charge >= 0.3 is 5.97 Å². The maximum absolute atomic E-state index is 13.6. The van der Waals surface area contributed by atoms with E-state index in [0.29, 0.717) is 34.9 Å². The molecule has 0 saturated heterocycles. The van der Waals surface area contributed by atoms with Gasteiger partial charge in [-0.25, -0.2) is 9.78 Å². The smallest absolute Gasteiger partial charge is 0.371 e. The summed E-state index contributed by atoms with van der Waals surface area (Å²) in [6, 6.07) is 11.3. The molecule has 12 heteroatoms. The minimum Gasteiger partial charge on any atom is -0.475 e. The molecule has 0 aliphatic heterocycles. The maximum atomic E-state index is 13.6. The van der Waals surface area contributed by atoms with Gasteiger partial charge in [-0.05, 0) is 88.1 Å². The molecule has 4 rings (SSSR count). The largest absolute Gasteiger partial charge is 0.475 e. The van der Waals surface area contributed by atoms with Gasteiger partial charge in [-0.3, -0.25) is 14.4 Å². The zero-order chi connectivity index (χ0) is 30.4. The molecule has 0 spiro atoms. The van der Waals surface area contributed by atoms with Gasteiger partial charge in [0.1, 0.15) is 6.04 Å². The van der Waals surface area contributed by atoms with Crippen LogP contribution in [-0.2, 0) is 20.8 Å². The number of imidazole rings is 1. The van der Waals surface area contributed by atoms with Crippen molar-refractivity contribution in [3.05, 3.63) is 53.9 Å². The van der Waals surface area contributed by atoms with E-state index in [2.05, 4.69) is 20.6 Å². The van der Waals surface area contributed by atoms with E-state index in [0.717, 1.165) is 31.2 Å². The van der Waals surface area contributed by atoms with Crippen LogP contribution in [0.15, 0.2) is 42.5 Å². The third-order valence-electron chi connectivity index (χ3n) is 7.70. The van der Waals surface area contributed by atoms with E-state index in [-0.39, 0.29) is 36.5 Å². The Kier molecular flexibility index (Phi) is 9.92. The number of amides is 3. The highest BCUT2D eigenvalue weighted by atomic mass is 16.4. The van der Waals surface area contributed by atoms with Gasteiger partial charge in [0.05, 0.1) is 17.6 Å². The van der Waals surface area contributed by atoms with E-state index in [1.54, 1.807) is 35.0 Å². The summed E-state index contributed by atoms with van der Waals surface area (Å²) in [4.78, 5) is 60.9. The molecule has 2 aromatic carbocycles. The number of aromatic amines is 1. The Hall–Kier alpha value is -4.29. The third kappa shape index (κ3) is 7.71. The van der Waals surface area contributed by atoms with Crippen molar-refractivity contribution < 1.29 is 24.3 Å². The summed E-state index contributed by atoms with van der Waals surface area (Å²) in [5.74, 6) is -1.83. The number of H-pyrrole nitrogens is 1. The monoisotopic (exact) mass is 577 g/mol. The Balaban J connectivity index is 1.54. The highest BCUT2D eigenvalue weighted by Crippen LogP contribution is 2.28. The second-order valence-electron chi connectivity index (χ2n) is 11.2. The highest BCUT2D eigenvalue weighted by molar-refractivity contribution is 5.99. The number of aromatic carboxylic acids is 1. The molecule has 0 unspecified atom stereocenters. The molecule has 0 bridgehead atoms. The lowest BCUT2D eigenvalue weighted by Gasteiger charge is -2.28. The predicted octanol–water partition coefficient (Wildman–Crippen LogP) is 2.22. The van der Waals surface area contributed by atoms with E-state index in [1.165, 1.54) is 0 Å². The summed E-state index contributed by atoms with van der Waals surface area (Å²) in [6.45, 7) is 0.859. The zero-order valence-electron chi connectivity index (χ0n) is 24.2. The fourth-order valence-corrected chi connectivity index (χ4v) is 5.22. The van der Waals surface area contributed by atoms with Crippen LogP contribution in [-0.4, -0.2) is 83.9 Å². The van der Waals surface area contributed by atoms with Crippen molar-refractivity contribution in [1.82, 2.24) is 20.2 Å². The minimum absolute atomic E-state index is 0.0763. The van der Waals surface area contributed by atoms with Crippen molar-refractivity contribution in [2.45, 2.75) is 38.1 Å². The topological polar surface area (TPSA) is 174 Å². The van der Waals surface area contributed by atoms with Gasteiger partial charge in [-0.1, -0.05) is 12.1 Å². The average Bonchev–Trinajstić information content (AvgIpc) is 3.40. The molecular weight excluding hydrogens is 538 g/mol. The molecule has 1 aliphatic carbocycles. The van der Waals surface area contributed by atoms with Gasteiger partial charge in [-0.2, -0.15) is 0 Å². The summed E-state index contributed by atoms with van der Waals surface area (Å²) in [7, 11) is 5.35. The first-order valence-corrected chi connectivity index (χ1v) is 14.1. The molecular formula is C30H39N7O5. The number of benzene rings is 2. The first-order chi connectivity index (χ1) is 20.0. The van der Waals surface area contributed by atoms with Crippen LogP contribution in [0.1, 0.15) is 41.9 Å².